The van der Waals surface area contributed by atoms with Gasteiger partial charge in [0.25, 0.3) is 0 Å². The molecule has 0 unspecified atom stereocenters. The number of alkyl halides is 3. The Morgan fingerprint density at radius 2 is 1.56 bits per heavy atom. The highest BCUT2D eigenvalue weighted by Crippen LogP contribution is 2.36. The van der Waals surface area contributed by atoms with E-state index in [0.29, 0.717) is 29.8 Å². The number of halogens is 3. The lowest BCUT2D eigenvalue weighted by Crippen LogP contribution is -2.29. The van der Waals surface area contributed by atoms with Gasteiger partial charge in [-0.25, -0.2) is 4.98 Å². The van der Waals surface area contributed by atoms with E-state index in [1.54, 1.807) is 30.3 Å². The van der Waals surface area contributed by atoms with Crippen LogP contribution in [0, 0.1) is 0 Å². The summed E-state index contributed by atoms with van der Waals surface area (Å²) >= 11 is 0. The number of carbonyl (C=O) groups is 2. The zero-order valence-corrected chi connectivity index (χ0v) is 22.8. The van der Waals surface area contributed by atoms with E-state index in [2.05, 4.69) is 44.4 Å². The van der Waals surface area contributed by atoms with Crippen LogP contribution in [-0.2, 0) is 15.8 Å². The maximum atomic E-state index is 13.8. The van der Waals surface area contributed by atoms with Crippen LogP contribution in [0.2, 0.25) is 0 Å². The summed E-state index contributed by atoms with van der Waals surface area (Å²) in [6, 6.07) is 11.2. The fourth-order valence-corrected chi connectivity index (χ4v) is 3.58. The minimum Gasteiger partial charge on any atom is -0.372 e. The molecule has 0 spiro atoms. The van der Waals surface area contributed by atoms with Crippen LogP contribution in [0.4, 0.5) is 53.4 Å². The molecule has 0 fully saturated rings. The van der Waals surface area contributed by atoms with Crippen molar-refractivity contribution >= 4 is 52.0 Å². The zero-order chi connectivity index (χ0) is 30.2. The summed E-state index contributed by atoms with van der Waals surface area (Å²) in [5.41, 5.74) is 1.14. The zero-order valence-electron chi connectivity index (χ0n) is 22.8. The number of aromatic nitrogens is 2. The lowest BCUT2D eigenvalue weighted by atomic mass is 10.2. The Hall–Kier alpha value is -4.91. The number of nitrogens with zero attached hydrogens (tertiary/aromatic N) is 4. The van der Waals surface area contributed by atoms with E-state index in [0.717, 1.165) is 24.4 Å². The maximum Gasteiger partial charge on any atom is 0.421 e. The molecule has 3 rings (SSSR count). The Balaban J connectivity index is 1.93. The van der Waals surface area contributed by atoms with Crippen molar-refractivity contribution in [3.63, 3.8) is 0 Å². The number of amides is 2. The molecule has 4 N–H and O–H groups in total. The number of hydrogen-bond acceptors (Lipinski definition) is 8. The van der Waals surface area contributed by atoms with Gasteiger partial charge in [-0.05, 0) is 62.6 Å². The Morgan fingerprint density at radius 1 is 0.902 bits per heavy atom. The first-order valence-corrected chi connectivity index (χ1v) is 12.3. The minimum absolute atomic E-state index is 0.119. The van der Waals surface area contributed by atoms with E-state index in [9.17, 15) is 22.8 Å². The number of hydrogen-bond donors (Lipinski definition) is 4. The fourth-order valence-electron chi connectivity index (χ4n) is 3.58. The average Bonchev–Trinajstić information content (AvgIpc) is 2.91. The van der Waals surface area contributed by atoms with Crippen molar-refractivity contribution in [3.05, 3.63) is 79.5 Å². The number of carbonyl (C=O) groups excluding carboxylic acids is 2. The molecule has 0 radical (unpaired) electrons. The molecule has 2 aromatic carbocycles. The van der Waals surface area contributed by atoms with Gasteiger partial charge in [0.1, 0.15) is 11.4 Å². The Labute approximate surface area is 236 Å². The summed E-state index contributed by atoms with van der Waals surface area (Å²) in [6.07, 6.45) is -1.85. The van der Waals surface area contributed by atoms with Crippen LogP contribution in [0.25, 0.3) is 0 Å². The molecule has 1 aromatic heterocycles. The third-order valence-corrected chi connectivity index (χ3v) is 5.66. The minimum atomic E-state index is -4.74. The fraction of sp³-hybridized carbons (Fsp3) is 0.214. The van der Waals surface area contributed by atoms with Gasteiger partial charge in [0.15, 0.2) is 0 Å². The lowest BCUT2D eigenvalue weighted by molar-refractivity contribution is -0.137. The van der Waals surface area contributed by atoms with E-state index in [4.69, 9.17) is 0 Å². The normalized spacial score (nSPS) is 11.0. The molecule has 10 nitrogen and oxygen atoms in total. The molecule has 216 valence electrons. The first-order chi connectivity index (χ1) is 19.4. The average molecular weight is 569 g/mol. The van der Waals surface area contributed by atoms with Gasteiger partial charge in [0, 0.05) is 43.4 Å². The molecule has 1 heterocycles. The van der Waals surface area contributed by atoms with Gasteiger partial charge in [0.2, 0.25) is 17.8 Å². The van der Waals surface area contributed by atoms with Crippen LogP contribution in [-0.4, -0.2) is 60.9 Å². The van der Waals surface area contributed by atoms with Crippen molar-refractivity contribution in [2.75, 3.05) is 60.4 Å². The van der Waals surface area contributed by atoms with Crippen molar-refractivity contribution in [3.8, 4) is 0 Å². The van der Waals surface area contributed by atoms with Crippen molar-refractivity contribution < 1.29 is 22.8 Å². The van der Waals surface area contributed by atoms with Crippen LogP contribution in [0.5, 0.6) is 0 Å². The summed E-state index contributed by atoms with van der Waals surface area (Å²) in [4.78, 5) is 35.6. The Bertz CT molecular complexity index is 1430. The number of likely N-dealkylation sites (N-methyl/N-ethyl adjacent to an activating group) is 2. The van der Waals surface area contributed by atoms with Gasteiger partial charge in [-0.2, -0.15) is 18.2 Å². The quantitative estimate of drug-likeness (QED) is 0.220. The van der Waals surface area contributed by atoms with Crippen LogP contribution in [0.1, 0.15) is 5.56 Å². The van der Waals surface area contributed by atoms with Crippen molar-refractivity contribution in [2.24, 2.45) is 0 Å². The Morgan fingerprint density at radius 3 is 2.22 bits per heavy atom. The molecule has 0 saturated carbocycles. The summed E-state index contributed by atoms with van der Waals surface area (Å²) < 4.78 is 41.3. The standard InChI is InChI=1S/C28H31F3N8O2/c1-6-24(40)33-18-9-8-10-19(15-18)34-26-21(28(29,30)31)17-32-27(37-26)35-20-11-12-23(39(5)14-13-38(3)4)22(16-20)36-25(41)7-2/h6-12,15-17H,1-2,13-14H2,3-5H3,(H,33,40)(H,36,41)(H2,32,34,35,37). The number of anilines is 7. The molecule has 13 heteroatoms. The number of rotatable bonds is 12. The third-order valence-electron chi connectivity index (χ3n) is 5.66. The molecule has 0 saturated heterocycles. The van der Waals surface area contributed by atoms with Crippen molar-refractivity contribution in [1.82, 2.24) is 14.9 Å². The number of benzene rings is 2. The first-order valence-electron chi connectivity index (χ1n) is 12.3. The molecule has 3 aromatic rings. The second-order valence-corrected chi connectivity index (χ2v) is 9.13. The van der Waals surface area contributed by atoms with Gasteiger partial charge in [-0.3, -0.25) is 9.59 Å². The van der Waals surface area contributed by atoms with Crippen molar-refractivity contribution in [2.45, 2.75) is 6.18 Å². The highest BCUT2D eigenvalue weighted by molar-refractivity contribution is 6.02. The monoisotopic (exact) mass is 568 g/mol. The second kappa shape index (κ2) is 13.4. The molecule has 0 bridgehead atoms. The van der Waals surface area contributed by atoms with Crippen LogP contribution >= 0.6 is 0 Å². The van der Waals surface area contributed by atoms with E-state index >= 15 is 0 Å². The molecular formula is C28H31F3N8O2. The maximum absolute atomic E-state index is 13.8. The third kappa shape index (κ3) is 8.80. The summed E-state index contributed by atoms with van der Waals surface area (Å²) in [5, 5.41) is 10.9. The molecule has 2 amide bonds. The van der Waals surface area contributed by atoms with Crippen molar-refractivity contribution in [1.29, 1.82) is 0 Å². The summed E-state index contributed by atoms with van der Waals surface area (Å²) in [5.74, 6) is -1.51. The molecule has 0 atom stereocenters. The van der Waals surface area contributed by atoms with Gasteiger partial charge in [0.05, 0.1) is 11.4 Å². The van der Waals surface area contributed by atoms with Gasteiger partial charge in [-0.1, -0.05) is 19.2 Å². The van der Waals surface area contributed by atoms with E-state index in [1.165, 1.54) is 12.1 Å². The Kier molecular flexibility index (Phi) is 10.0. The second-order valence-electron chi connectivity index (χ2n) is 9.13. The summed E-state index contributed by atoms with van der Waals surface area (Å²) in [6.45, 7) is 8.30. The van der Waals surface area contributed by atoms with Crippen LogP contribution in [0.3, 0.4) is 0 Å². The van der Waals surface area contributed by atoms with E-state index in [1.807, 2.05) is 30.9 Å². The smallest absolute Gasteiger partial charge is 0.372 e. The molecular weight excluding hydrogens is 537 g/mol. The van der Waals surface area contributed by atoms with Gasteiger partial charge >= 0.3 is 6.18 Å². The molecule has 0 aliphatic heterocycles. The lowest BCUT2D eigenvalue weighted by Gasteiger charge is -2.24. The number of nitrogens with one attached hydrogen (secondary N) is 4. The SMILES string of the molecule is C=CC(=O)Nc1cccc(Nc2nc(Nc3ccc(N(C)CCN(C)C)c(NC(=O)C=C)c3)ncc2C(F)(F)F)c1. The summed E-state index contributed by atoms with van der Waals surface area (Å²) in [7, 11) is 5.78. The predicted octanol–water partition coefficient (Wildman–Crippen LogP) is 5.23. The topological polar surface area (TPSA) is 115 Å². The molecule has 41 heavy (non-hydrogen) atoms. The molecule has 0 aliphatic rings. The van der Waals surface area contributed by atoms with Crippen LogP contribution in [0.15, 0.2) is 74.0 Å². The molecule has 0 aliphatic carbocycles. The van der Waals surface area contributed by atoms with Gasteiger partial charge in [-0.15, -0.1) is 0 Å². The highest BCUT2D eigenvalue weighted by atomic mass is 19.4. The van der Waals surface area contributed by atoms with Gasteiger partial charge < -0.3 is 31.1 Å². The highest BCUT2D eigenvalue weighted by Gasteiger charge is 2.35. The predicted molar refractivity (Wildman–Crippen MR) is 156 cm³/mol. The first kappa shape index (κ1) is 30.6. The van der Waals surface area contributed by atoms with Crippen LogP contribution < -0.4 is 26.2 Å². The largest absolute Gasteiger partial charge is 0.421 e. The van der Waals surface area contributed by atoms with E-state index in [-0.39, 0.29) is 11.6 Å². The van der Waals surface area contributed by atoms with E-state index < -0.39 is 29.4 Å².